The summed E-state index contributed by atoms with van der Waals surface area (Å²) in [5.41, 5.74) is 1.62. The molecule has 1 aliphatic heterocycles. The minimum Gasteiger partial charge on any atom is -1.00 e. The number of piperidine rings is 1. The molecule has 0 N–H and O–H groups in total. The van der Waals surface area contributed by atoms with Gasteiger partial charge in [0.1, 0.15) is 12.4 Å². The first-order valence-corrected chi connectivity index (χ1v) is 7.83. The van der Waals surface area contributed by atoms with Crippen molar-refractivity contribution in [3.8, 4) is 0 Å². The largest absolute Gasteiger partial charge is 1.00 e. The van der Waals surface area contributed by atoms with E-state index in [1.54, 1.807) is 6.07 Å². The van der Waals surface area contributed by atoms with Crippen LogP contribution in [-0.2, 0) is 11.3 Å². The van der Waals surface area contributed by atoms with Gasteiger partial charge in [0, 0.05) is 5.56 Å². The van der Waals surface area contributed by atoms with E-state index in [9.17, 15) is 4.39 Å². The molecule has 0 aliphatic carbocycles. The normalized spacial score (nSPS) is 17.3. The van der Waals surface area contributed by atoms with Gasteiger partial charge >= 0.3 is 0 Å². The maximum Gasteiger partial charge on any atom is 0.128 e. The van der Waals surface area contributed by atoms with Crippen LogP contribution in [0.5, 0.6) is 0 Å². The van der Waals surface area contributed by atoms with E-state index >= 15 is 0 Å². The molecule has 1 aromatic carbocycles. The SMILES string of the molecule is CC[N+]1(CCOCc2ccc(C)cc2F)CCCCC1.[I-]. The molecule has 0 unspecified atom stereocenters. The fourth-order valence-electron chi connectivity index (χ4n) is 3.09. The second-order valence-corrected chi connectivity index (χ2v) is 6.04. The number of aryl methyl sites for hydroxylation is 1. The molecular weight excluding hydrogens is 380 g/mol. The quantitative estimate of drug-likeness (QED) is 0.383. The number of ether oxygens (including phenoxy) is 1. The van der Waals surface area contributed by atoms with Crippen LogP contribution in [0.2, 0.25) is 0 Å². The molecule has 120 valence electrons. The highest BCUT2D eigenvalue weighted by atomic mass is 127. The van der Waals surface area contributed by atoms with E-state index in [0.717, 1.165) is 18.7 Å². The molecule has 2 rings (SSSR count). The lowest BCUT2D eigenvalue weighted by molar-refractivity contribution is -0.931. The van der Waals surface area contributed by atoms with E-state index < -0.39 is 0 Å². The highest BCUT2D eigenvalue weighted by Gasteiger charge is 2.27. The number of nitrogens with zero attached hydrogens (tertiary/aromatic N) is 1. The van der Waals surface area contributed by atoms with Crippen molar-refractivity contribution in [2.24, 2.45) is 0 Å². The summed E-state index contributed by atoms with van der Waals surface area (Å²) >= 11 is 0. The summed E-state index contributed by atoms with van der Waals surface area (Å²) < 4.78 is 20.6. The van der Waals surface area contributed by atoms with Crippen LogP contribution in [0.15, 0.2) is 18.2 Å². The second kappa shape index (κ2) is 9.06. The number of rotatable bonds is 6. The first kappa shape index (κ1) is 18.8. The van der Waals surface area contributed by atoms with Crippen molar-refractivity contribution in [3.63, 3.8) is 0 Å². The lowest BCUT2D eigenvalue weighted by Crippen LogP contribution is -3.00. The van der Waals surface area contributed by atoms with E-state index in [1.165, 1.54) is 43.4 Å². The van der Waals surface area contributed by atoms with Crippen molar-refractivity contribution in [3.05, 3.63) is 35.1 Å². The third kappa shape index (κ3) is 5.49. The van der Waals surface area contributed by atoms with Crippen molar-refractivity contribution < 1.29 is 37.6 Å². The number of quaternary nitrogens is 1. The van der Waals surface area contributed by atoms with Crippen LogP contribution < -0.4 is 24.0 Å². The first-order chi connectivity index (χ1) is 9.65. The first-order valence-electron chi connectivity index (χ1n) is 7.83. The Balaban J connectivity index is 0.00000220. The topological polar surface area (TPSA) is 9.23 Å². The second-order valence-electron chi connectivity index (χ2n) is 6.04. The summed E-state index contributed by atoms with van der Waals surface area (Å²) in [5, 5.41) is 0. The predicted molar refractivity (Wildman–Crippen MR) is 80.0 cm³/mol. The maximum atomic E-state index is 13.7. The third-order valence-corrected chi connectivity index (χ3v) is 4.61. The lowest BCUT2D eigenvalue weighted by atomic mass is 10.1. The fourth-order valence-corrected chi connectivity index (χ4v) is 3.09. The third-order valence-electron chi connectivity index (χ3n) is 4.61. The standard InChI is InChI=1S/C17H27FNO.HI/c1-3-19(9-5-4-6-10-19)11-12-20-14-16-8-7-15(2)13-17(16)18;/h7-8,13H,3-6,9-12,14H2,1-2H3;1H/q+1;/p-1. The summed E-state index contributed by atoms with van der Waals surface area (Å²) in [6.07, 6.45) is 4.04. The van der Waals surface area contributed by atoms with Gasteiger partial charge in [0.05, 0.1) is 32.8 Å². The van der Waals surface area contributed by atoms with E-state index in [-0.39, 0.29) is 29.8 Å². The highest BCUT2D eigenvalue weighted by molar-refractivity contribution is 5.22. The summed E-state index contributed by atoms with van der Waals surface area (Å²) in [5.74, 6) is -0.151. The minimum atomic E-state index is -0.151. The molecule has 0 saturated carbocycles. The smallest absolute Gasteiger partial charge is 0.128 e. The van der Waals surface area contributed by atoms with Crippen LogP contribution in [0.4, 0.5) is 4.39 Å². The van der Waals surface area contributed by atoms with Gasteiger partial charge in [-0.3, -0.25) is 0 Å². The molecule has 1 aromatic rings. The van der Waals surface area contributed by atoms with Crippen molar-refractivity contribution in [1.82, 2.24) is 0 Å². The molecule has 0 aromatic heterocycles. The van der Waals surface area contributed by atoms with Gasteiger partial charge in [-0.25, -0.2) is 4.39 Å². The Morgan fingerprint density at radius 1 is 1.19 bits per heavy atom. The molecule has 2 nitrogen and oxygen atoms in total. The van der Waals surface area contributed by atoms with Gasteiger partial charge in [0.15, 0.2) is 0 Å². The van der Waals surface area contributed by atoms with Gasteiger partial charge < -0.3 is 33.2 Å². The highest BCUT2D eigenvalue weighted by Crippen LogP contribution is 2.18. The van der Waals surface area contributed by atoms with Gasteiger partial charge in [-0.05, 0) is 44.7 Å². The monoisotopic (exact) mass is 407 g/mol. The zero-order valence-electron chi connectivity index (χ0n) is 13.2. The Labute approximate surface area is 145 Å². The van der Waals surface area contributed by atoms with Crippen molar-refractivity contribution in [2.75, 3.05) is 32.8 Å². The average molecular weight is 407 g/mol. The fraction of sp³-hybridized carbons (Fsp3) is 0.647. The zero-order chi connectivity index (χ0) is 14.4. The van der Waals surface area contributed by atoms with Crippen LogP contribution in [-0.4, -0.2) is 37.3 Å². The molecule has 0 amide bonds. The number of hydrogen-bond acceptors (Lipinski definition) is 1. The van der Waals surface area contributed by atoms with Gasteiger partial charge in [-0.15, -0.1) is 0 Å². The van der Waals surface area contributed by atoms with E-state index in [4.69, 9.17) is 4.74 Å². The minimum absolute atomic E-state index is 0. The molecule has 1 heterocycles. The van der Waals surface area contributed by atoms with Crippen LogP contribution in [0.25, 0.3) is 0 Å². The number of likely N-dealkylation sites (N-methyl/N-ethyl adjacent to an activating group) is 1. The van der Waals surface area contributed by atoms with Crippen LogP contribution in [0.1, 0.15) is 37.3 Å². The van der Waals surface area contributed by atoms with E-state index in [2.05, 4.69) is 6.92 Å². The lowest BCUT2D eigenvalue weighted by Gasteiger charge is -2.40. The molecule has 4 heteroatoms. The van der Waals surface area contributed by atoms with E-state index in [1.807, 2.05) is 19.1 Å². The van der Waals surface area contributed by atoms with Gasteiger partial charge in [-0.1, -0.05) is 12.1 Å². The molecule has 0 atom stereocenters. The summed E-state index contributed by atoms with van der Waals surface area (Å²) in [6.45, 7) is 10.1. The zero-order valence-corrected chi connectivity index (χ0v) is 15.4. The number of halogens is 2. The van der Waals surface area contributed by atoms with Gasteiger partial charge in [-0.2, -0.15) is 0 Å². The molecule has 0 spiro atoms. The predicted octanol–water partition coefficient (Wildman–Crippen LogP) is 0.675. The Morgan fingerprint density at radius 3 is 2.52 bits per heavy atom. The molecule has 1 aliphatic rings. The average Bonchev–Trinajstić information content (AvgIpc) is 2.46. The molecule has 1 fully saturated rings. The van der Waals surface area contributed by atoms with Crippen LogP contribution >= 0.6 is 0 Å². The Hall–Kier alpha value is -0.200. The molecule has 0 bridgehead atoms. The summed E-state index contributed by atoms with van der Waals surface area (Å²) in [7, 11) is 0. The van der Waals surface area contributed by atoms with Gasteiger partial charge in [0.25, 0.3) is 0 Å². The van der Waals surface area contributed by atoms with Crippen molar-refractivity contribution in [2.45, 2.75) is 39.7 Å². The Morgan fingerprint density at radius 2 is 1.90 bits per heavy atom. The Bertz CT molecular complexity index is 433. The molecule has 21 heavy (non-hydrogen) atoms. The number of benzene rings is 1. The van der Waals surface area contributed by atoms with E-state index in [0.29, 0.717) is 12.2 Å². The molecular formula is C17H27FINO. The summed E-state index contributed by atoms with van der Waals surface area (Å²) in [4.78, 5) is 0. The number of hydrogen-bond donors (Lipinski definition) is 0. The van der Waals surface area contributed by atoms with Crippen LogP contribution in [0.3, 0.4) is 0 Å². The van der Waals surface area contributed by atoms with Gasteiger partial charge in [0.2, 0.25) is 0 Å². The van der Waals surface area contributed by atoms with Crippen molar-refractivity contribution in [1.29, 1.82) is 0 Å². The van der Waals surface area contributed by atoms with Crippen molar-refractivity contribution >= 4 is 0 Å². The van der Waals surface area contributed by atoms with Crippen LogP contribution in [0, 0.1) is 12.7 Å². The Kier molecular flexibility index (Phi) is 8.13. The maximum absolute atomic E-state index is 13.7. The molecule has 0 radical (unpaired) electrons. The molecule has 1 saturated heterocycles. The summed E-state index contributed by atoms with van der Waals surface area (Å²) in [6, 6.07) is 5.34. The number of likely N-dealkylation sites (tertiary alicyclic amines) is 1.